The van der Waals surface area contributed by atoms with Crippen LogP contribution in [0, 0.1) is 12.7 Å². The van der Waals surface area contributed by atoms with Gasteiger partial charge >= 0.3 is 11.7 Å². The number of carbonyl (C=O) groups excluding carboxylic acids is 1. The third kappa shape index (κ3) is 4.84. The molecule has 178 valence electrons. The molecule has 1 N–H and O–H groups in total. The van der Waals surface area contributed by atoms with Crippen LogP contribution in [0.3, 0.4) is 0 Å². The first-order valence-electron chi connectivity index (χ1n) is 11.3. The van der Waals surface area contributed by atoms with Gasteiger partial charge in [-0.15, -0.1) is 0 Å². The third-order valence-electron chi connectivity index (χ3n) is 5.97. The number of aromatic nitrogens is 4. The fraction of sp³-hybridized carbons (Fsp3) is 0.231. The van der Waals surface area contributed by atoms with Gasteiger partial charge in [0.15, 0.2) is 0 Å². The molecule has 0 bridgehead atoms. The van der Waals surface area contributed by atoms with Crippen molar-refractivity contribution in [2.45, 2.75) is 38.9 Å². The van der Waals surface area contributed by atoms with Gasteiger partial charge in [0.1, 0.15) is 24.8 Å². The third-order valence-corrected chi connectivity index (χ3v) is 5.97. The molecule has 35 heavy (non-hydrogen) atoms. The van der Waals surface area contributed by atoms with E-state index in [1.54, 1.807) is 13.0 Å². The number of benzene rings is 3. The van der Waals surface area contributed by atoms with Crippen LogP contribution in [0.5, 0.6) is 5.75 Å². The summed E-state index contributed by atoms with van der Waals surface area (Å²) in [5, 5.41) is 9.73. The lowest BCUT2D eigenvalue weighted by atomic mass is 10.0. The molecule has 0 aliphatic heterocycles. The van der Waals surface area contributed by atoms with Crippen molar-refractivity contribution in [2.75, 3.05) is 0 Å². The Labute approximate surface area is 200 Å². The Balaban J connectivity index is 1.36. The molecule has 5 rings (SSSR count). The van der Waals surface area contributed by atoms with Gasteiger partial charge in [-0.1, -0.05) is 42.5 Å². The smallest absolute Gasteiger partial charge is 0.365 e. The van der Waals surface area contributed by atoms with Gasteiger partial charge in [-0.25, -0.2) is 19.1 Å². The number of aromatic amines is 1. The molecule has 1 heterocycles. The summed E-state index contributed by atoms with van der Waals surface area (Å²) < 4.78 is 27.3. The van der Waals surface area contributed by atoms with E-state index >= 15 is 0 Å². The molecule has 0 atom stereocenters. The maximum Gasteiger partial charge on any atom is 0.365 e. The topological polar surface area (TPSA) is 99.1 Å². The van der Waals surface area contributed by atoms with E-state index in [9.17, 15) is 14.0 Å². The molecular weight excluding hydrogens is 451 g/mol. The highest BCUT2D eigenvalue weighted by Crippen LogP contribution is 2.43. The fourth-order valence-corrected chi connectivity index (χ4v) is 4.01. The average Bonchev–Trinajstić information content (AvgIpc) is 3.63. The first-order valence-corrected chi connectivity index (χ1v) is 11.3. The number of H-pyrrole nitrogens is 1. The molecule has 8 nitrogen and oxygen atoms in total. The van der Waals surface area contributed by atoms with Crippen molar-refractivity contribution in [1.82, 2.24) is 20.2 Å². The van der Waals surface area contributed by atoms with E-state index in [2.05, 4.69) is 15.5 Å². The highest BCUT2D eigenvalue weighted by atomic mass is 19.1. The summed E-state index contributed by atoms with van der Waals surface area (Å²) in [7, 11) is 0. The first kappa shape index (κ1) is 22.5. The predicted molar refractivity (Wildman–Crippen MR) is 125 cm³/mol. The molecule has 1 aliphatic rings. The summed E-state index contributed by atoms with van der Waals surface area (Å²) in [5.74, 6) is -0.790. The van der Waals surface area contributed by atoms with Crippen LogP contribution >= 0.6 is 0 Å². The maximum absolute atomic E-state index is 14.9. The molecule has 9 heteroatoms. The Morgan fingerprint density at radius 1 is 1.11 bits per heavy atom. The Morgan fingerprint density at radius 2 is 1.91 bits per heavy atom. The Morgan fingerprint density at radius 3 is 2.63 bits per heavy atom. The predicted octanol–water partition coefficient (Wildman–Crippen LogP) is 4.22. The van der Waals surface area contributed by atoms with Gasteiger partial charge in [-0.2, -0.15) is 4.68 Å². The summed E-state index contributed by atoms with van der Waals surface area (Å²) in [5.41, 5.74) is 3.20. The summed E-state index contributed by atoms with van der Waals surface area (Å²) in [6.07, 6.45) is 2.11. The molecule has 1 saturated carbocycles. The van der Waals surface area contributed by atoms with E-state index in [1.807, 2.05) is 42.5 Å². The lowest BCUT2D eigenvalue weighted by Crippen LogP contribution is -2.19. The zero-order valence-electron chi connectivity index (χ0n) is 19.0. The number of tetrazole rings is 1. The minimum absolute atomic E-state index is 0.0541. The van der Waals surface area contributed by atoms with Crippen LogP contribution in [0.1, 0.15) is 51.4 Å². The first-order chi connectivity index (χ1) is 17.0. The van der Waals surface area contributed by atoms with E-state index in [-0.39, 0.29) is 18.8 Å². The van der Waals surface area contributed by atoms with E-state index < -0.39 is 17.5 Å². The molecule has 4 aromatic rings. The number of carbonyl (C=O) groups is 1. The Hall–Kier alpha value is -4.27. The molecule has 1 fully saturated rings. The quantitative estimate of drug-likeness (QED) is 0.384. The number of hydrogen-bond acceptors (Lipinski definition) is 6. The molecular formula is C26H23FN4O4. The van der Waals surface area contributed by atoms with Crippen molar-refractivity contribution in [2.24, 2.45) is 0 Å². The number of halogens is 1. The number of aryl methyl sites for hydroxylation is 1. The number of rotatable bonds is 8. The number of esters is 1. The van der Waals surface area contributed by atoms with Gasteiger partial charge in [-0.05, 0) is 64.9 Å². The number of ether oxygens (including phenoxy) is 2. The van der Waals surface area contributed by atoms with Gasteiger partial charge in [-0.3, -0.25) is 0 Å². The second-order valence-corrected chi connectivity index (χ2v) is 8.49. The normalized spacial score (nSPS) is 13.0. The van der Waals surface area contributed by atoms with E-state index in [0.717, 1.165) is 29.5 Å². The second kappa shape index (κ2) is 9.54. The highest BCUT2D eigenvalue weighted by Gasteiger charge is 2.28. The molecule has 0 saturated heterocycles. The monoisotopic (exact) mass is 474 g/mol. The number of hydrogen-bond donors (Lipinski definition) is 1. The minimum Gasteiger partial charge on any atom is -0.488 e. The molecule has 0 amide bonds. The molecule has 0 radical (unpaired) electrons. The van der Waals surface area contributed by atoms with Gasteiger partial charge in [0.05, 0.1) is 11.3 Å². The average molecular weight is 474 g/mol. The maximum atomic E-state index is 14.9. The summed E-state index contributed by atoms with van der Waals surface area (Å²) >= 11 is 0. The van der Waals surface area contributed by atoms with Gasteiger partial charge in [0, 0.05) is 11.6 Å². The van der Waals surface area contributed by atoms with E-state index in [0.29, 0.717) is 22.9 Å². The van der Waals surface area contributed by atoms with Gasteiger partial charge < -0.3 is 9.47 Å². The van der Waals surface area contributed by atoms with Gasteiger partial charge in [0.25, 0.3) is 0 Å². The summed E-state index contributed by atoms with van der Waals surface area (Å²) in [4.78, 5) is 24.6. The van der Waals surface area contributed by atoms with Crippen molar-refractivity contribution in [3.8, 4) is 11.4 Å². The lowest BCUT2D eigenvalue weighted by molar-refractivity contribution is 0.0467. The van der Waals surface area contributed by atoms with Crippen molar-refractivity contribution in [1.29, 1.82) is 0 Å². The number of nitrogens with zero attached hydrogens (tertiary/aromatic N) is 3. The minimum atomic E-state index is -0.743. The van der Waals surface area contributed by atoms with E-state index in [1.165, 1.54) is 16.8 Å². The standard InChI is InChI=1S/C26H23FN4O4/c1-16-12-20(25(32)35-14-17-6-3-2-4-7-17)22(27)13-24(16)34-15-21-19(18-10-11-18)8-5-9-23(21)31-26(33)28-29-30-31/h2-9,12-13,18H,10-11,14-15H2,1H3,(H,28,30,33). The van der Waals surface area contributed by atoms with Crippen LogP contribution in [0.25, 0.3) is 5.69 Å². The van der Waals surface area contributed by atoms with Crippen LogP contribution < -0.4 is 10.4 Å². The van der Waals surface area contributed by atoms with Crippen LogP contribution in [-0.4, -0.2) is 26.2 Å². The zero-order valence-corrected chi connectivity index (χ0v) is 19.0. The molecule has 3 aromatic carbocycles. The molecule has 1 aromatic heterocycles. The molecule has 0 unspecified atom stereocenters. The van der Waals surface area contributed by atoms with E-state index in [4.69, 9.17) is 9.47 Å². The Bertz CT molecular complexity index is 1430. The highest BCUT2D eigenvalue weighted by molar-refractivity contribution is 5.90. The summed E-state index contributed by atoms with van der Waals surface area (Å²) in [6, 6.07) is 17.5. The van der Waals surface area contributed by atoms with Crippen LogP contribution in [0.4, 0.5) is 4.39 Å². The SMILES string of the molecule is Cc1cc(C(=O)OCc2ccccc2)c(F)cc1OCc1c(C2CC2)cccc1-n1nn[nH]c1=O. The van der Waals surface area contributed by atoms with Crippen LogP contribution in [-0.2, 0) is 18.0 Å². The Kier molecular flexibility index (Phi) is 6.13. The number of nitrogens with one attached hydrogen (secondary N) is 1. The molecule has 0 spiro atoms. The van der Waals surface area contributed by atoms with Crippen molar-refractivity contribution >= 4 is 5.97 Å². The van der Waals surface area contributed by atoms with Crippen LogP contribution in [0.2, 0.25) is 0 Å². The van der Waals surface area contributed by atoms with Crippen LogP contribution in [0.15, 0.2) is 65.5 Å². The fourth-order valence-electron chi connectivity index (χ4n) is 4.01. The molecule has 1 aliphatic carbocycles. The lowest BCUT2D eigenvalue weighted by Gasteiger charge is -2.16. The summed E-state index contributed by atoms with van der Waals surface area (Å²) in [6.45, 7) is 1.89. The largest absolute Gasteiger partial charge is 0.488 e. The zero-order chi connectivity index (χ0) is 24.4. The van der Waals surface area contributed by atoms with Crippen molar-refractivity contribution < 1.29 is 18.7 Å². The van der Waals surface area contributed by atoms with Gasteiger partial charge in [0.2, 0.25) is 0 Å². The second-order valence-electron chi connectivity index (χ2n) is 8.49. The van der Waals surface area contributed by atoms with Crippen molar-refractivity contribution in [3.63, 3.8) is 0 Å². The van der Waals surface area contributed by atoms with Crippen molar-refractivity contribution in [3.05, 3.63) is 105 Å².